The summed E-state index contributed by atoms with van der Waals surface area (Å²) >= 11 is 0. The molecule has 0 aromatic heterocycles. The first-order chi connectivity index (χ1) is 17.9. The number of phenols is 1. The van der Waals surface area contributed by atoms with Crippen LogP contribution >= 0.6 is 0 Å². The van der Waals surface area contributed by atoms with Crippen LogP contribution in [0.5, 0.6) is 28.7 Å². The SMILES string of the molecule is COc1cc(OC)c(C(=O)O)c(-c2c(COCc3ccccc3)cc3cc(OC)cc(OC)c3c2O)c1. The number of methoxy groups -OCH3 is 4. The summed E-state index contributed by atoms with van der Waals surface area (Å²) in [5.74, 6) is 0.00637. The maximum Gasteiger partial charge on any atom is 0.340 e. The fraction of sp³-hybridized carbons (Fsp3) is 0.207. The number of aromatic hydroxyl groups is 1. The molecule has 0 bridgehead atoms. The lowest BCUT2D eigenvalue weighted by molar-refractivity contribution is 0.0694. The quantitative estimate of drug-likeness (QED) is 0.285. The molecule has 0 aliphatic rings. The normalized spacial score (nSPS) is 10.8. The summed E-state index contributed by atoms with van der Waals surface area (Å²) in [6.45, 7) is 0.416. The highest BCUT2D eigenvalue weighted by Gasteiger charge is 2.26. The van der Waals surface area contributed by atoms with E-state index in [1.54, 1.807) is 25.3 Å². The molecule has 0 spiro atoms. The van der Waals surface area contributed by atoms with E-state index in [9.17, 15) is 15.0 Å². The van der Waals surface area contributed by atoms with Crippen molar-refractivity contribution in [3.8, 4) is 39.9 Å². The van der Waals surface area contributed by atoms with E-state index in [2.05, 4.69) is 0 Å². The zero-order valence-corrected chi connectivity index (χ0v) is 21.0. The van der Waals surface area contributed by atoms with Crippen LogP contribution in [-0.4, -0.2) is 44.6 Å². The molecule has 192 valence electrons. The van der Waals surface area contributed by atoms with Crippen LogP contribution in [0.2, 0.25) is 0 Å². The van der Waals surface area contributed by atoms with E-state index in [-0.39, 0.29) is 34.8 Å². The topological polar surface area (TPSA) is 104 Å². The Kier molecular flexibility index (Phi) is 7.69. The summed E-state index contributed by atoms with van der Waals surface area (Å²) in [6.07, 6.45) is 0. The molecule has 0 aliphatic carbocycles. The van der Waals surface area contributed by atoms with E-state index in [0.717, 1.165) is 5.56 Å². The Balaban J connectivity index is 1.99. The Hall–Kier alpha value is -4.43. The largest absolute Gasteiger partial charge is 0.506 e. The summed E-state index contributed by atoms with van der Waals surface area (Å²) in [7, 11) is 5.88. The van der Waals surface area contributed by atoms with E-state index >= 15 is 0 Å². The third-order valence-corrected chi connectivity index (χ3v) is 6.07. The summed E-state index contributed by atoms with van der Waals surface area (Å²) in [5, 5.41) is 22.8. The Bertz CT molecular complexity index is 1430. The number of ether oxygens (including phenoxy) is 5. The second kappa shape index (κ2) is 11.1. The Morgan fingerprint density at radius 2 is 1.43 bits per heavy atom. The molecule has 0 radical (unpaired) electrons. The van der Waals surface area contributed by atoms with Gasteiger partial charge in [-0.1, -0.05) is 30.3 Å². The van der Waals surface area contributed by atoms with Crippen molar-refractivity contribution in [3.05, 3.63) is 77.4 Å². The molecule has 0 saturated heterocycles. The van der Waals surface area contributed by atoms with Crippen molar-refractivity contribution in [2.24, 2.45) is 0 Å². The first kappa shape index (κ1) is 25.7. The second-order valence-corrected chi connectivity index (χ2v) is 8.22. The van der Waals surface area contributed by atoms with Crippen LogP contribution in [0.1, 0.15) is 21.5 Å². The molecule has 4 aromatic carbocycles. The number of carboxylic acid groups (broad SMARTS) is 1. The van der Waals surface area contributed by atoms with Crippen molar-refractivity contribution in [1.82, 2.24) is 0 Å². The second-order valence-electron chi connectivity index (χ2n) is 8.22. The molecule has 37 heavy (non-hydrogen) atoms. The molecule has 4 aromatic rings. The van der Waals surface area contributed by atoms with E-state index in [4.69, 9.17) is 23.7 Å². The van der Waals surface area contributed by atoms with E-state index in [1.807, 2.05) is 36.4 Å². The lowest BCUT2D eigenvalue weighted by Crippen LogP contribution is -2.06. The number of carboxylic acids is 1. The first-order valence-corrected chi connectivity index (χ1v) is 11.4. The van der Waals surface area contributed by atoms with Gasteiger partial charge in [-0.05, 0) is 34.7 Å². The number of hydrogen-bond donors (Lipinski definition) is 2. The van der Waals surface area contributed by atoms with E-state index in [0.29, 0.717) is 40.2 Å². The summed E-state index contributed by atoms with van der Waals surface area (Å²) in [6, 6.07) is 18.0. The van der Waals surface area contributed by atoms with Crippen LogP contribution in [0.15, 0.2) is 60.7 Å². The van der Waals surface area contributed by atoms with Crippen molar-refractivity contribution in [3.63, 3.8) is 0 Å². The molecule has 0 amide bonds. The lowest BCUT2D eigenvalue weighted by Gasteiger charge is -2.20. The highest BCUT2D eigenvalue weighted by atomic mass is 16.5. The molecular weight excluding hydrogens is 476 g/mol. The van der Waals surface area contributed by atoms with Crippen molar-refractivity contribution in [2.45, 2.75) is 13.2 Å². The van der Waals surface area contributed by atoms with Gasteiger partial charge in [0.25, 0.3) is 0 Å². The molecular formula is C29H28O8. The third kappa shape index (κ3) is 5.10. The average molecular weight is 505 g/mol. The van der Waals surface area contributed by atoms with Crippen LogP contribution in [0.4, 0.5) is 0 Å². The van der Waals surface area contributed by atoms with Gasteiger partial charge in [-0.15, -0.1) is 0 Å². The number of hydrogen-bond acceptors (Lipinski definition) is 7. The Morgan fingerprint density at radius 1 is 0.784 bits per heavy atom. The van der Waals surface area contributed by atoms with Gasteiger partial charge in [0.15, 0.2) is 0 Å². The molecule has 2 N–H and O–H groups in total. The Morgan fingerprint density at radius 3 is 2.05 bits per heavy atom. The van der Waals surface area contributed by atoms with Gasteiger partial charge in [-0.3, -0.25) is 0 Å². The van der Waals surface area contributed by atoms with Crippen LogP contribution in [0.3, 0.4) is 0 Å². The molecule has 8 heteroatoms. The van der Waals surface area contributed by atoms with Crippen molar-refractivity contribution in [2.75, 3.05) is 28.4 Å². The predicted molar refractivity (Wildman–Crippen MR) is 139 cm³/mol. The third-order valence-electron chi connectivity index (χ3n) is 6.07. The van der Waals surface area contributed by atoms with E-state index < -0.39 is 5.97 Å². The highest BCUT2D eigenvalue weighted by molar-refractivity contribution is 6.06. The first-order valence-electron chi connectivity index (χ1n) is 11.4. The lowest BCUT2D eigenvalue weighted by atomic mass is 9.90. The number of carbonyl (C=O) groups is 1. The maximum atomic E-state index is 12.4. The van der Waals surface area contributed by atoms with Gasteiger partial charge < -0.3 is 33.9 Å². The summed E-state index contributed by atoms with van der Waals surface area (Å²) in [5.41, 5.74) is 1.92. The molecule has 4 rings (SSSR count). The molecule has 0 saturated carbocycles. The van der Waals surface area contributed by atoms with Crippen LogP contribution in [0, 0.1) is 0 Å². The number of rotatable bonds is 10. The zero-order valence-electron chi connectivity index (χ0n) is 21.0. The van der Waals surface area contributed by atoms with Gasteiger partial charge in [-0.2, -0.15) is 0 Å². The minimum absolute atomic E-state index is 0.0891. The maximum absolute atomic E-state index is 12.4. The molecule has 8 nitrogen and oxygen atoms in total. The van der Waals surface area contributed by atoms with Gasteiger partial charge in [0.1, 0.15) is 34.3 Å². The highest BCUT2D eigenvalue weighted by Crippen LogP contribution is 2.48. The smallest absolute Gasteiger partial charge is 0.340 e. The number of aromatic carboxylic acids is 1. The predicted octanol–water partition coefficient (Wildman–Crippen LogP) is 5.66. The van der Waals surface area contributed by atoms with Crippen molar-refractivity contribution < 1.29 is 38.7 Å². The van der Waals surface area contributed by atoms with Gasteiger partial charge in [-0.25, -0.2) is 4.79 Å². The number of benzene rings is 4. The minimum atomic E-state index is -1.22. The van der Waals surface area contributed by atoms with Crippen molar-refractivity contribution >= 4 is 16.7 Å². The van der Waals surface area contributed by atoms with E-state index in [1.165, 1.54) is 27.4 Å². The fourth-order valence-electron chi connectivity index (χ4n) is 4.35. The molecule has 0 atom stereocenters. The van der Waals surface area contributed by atoms with Gasteiger partial charge in [0.2, 0.25) is 0 Å². The Labute approximate surface area is 214 Å². The molecule has 0 unspecified atom stereocenters. The monoisotopic (exact) mass is 504 g/mol. The average Bonchev–Trinajstić information content (AvgIpc) is 2.92. The van der Waals surface area contributed by atoms with Gasteiger partial charge in [0.05, 0.1) is 47.0 Å². The molecule has 0 aliphatic heterocycles. The molecule has 0 fully saturated rings. The molecule has 0 heterocycles. The number of phenolic OH excluding ortho intramolecular Hbond substituents is 1. The van der Waals surface area contributed by atoms with Crippen LogP contribution in [0.25, 0.3) is 21.9 Å². The van der Waals surface area contributed by atoms with Gasteiger partial charge in [0, 0.05) is 23.3 Å². The minimum Gasteiger partial charge on any atom is -0.506 e. The zero-order chi connectivity index (χ0) is 26.5. The summed E-state index contributed by atoms with van der Waals surface area (Å²) < 4.78 is 27.8. The van der Waals surface area contributed by atoms with Crippen LogP contribution < -0.4 is 18.9 Å². The van der Waals surface area contributed by atoms with Gasteiger partial charge >= 0.3 is 5.97 Å². The number of fused-ring (bicyclic) bond motifs is 1. The summed E-state index contributed by atoms with van der Waals surface area (Å²) in [4.78, 5) is 12.4. The van der Waals surface area contributed by atoms with Crippen molar-refractivity contribution in [1.29, 1.82) is 0 Å². The van der Waals surface area contributed by atoms with Crippen LogP contribution in [-0.2, 0) is 18.0 Å². The standard InChI is InChI=1S/C29H28O8/c1-33-20-11-18-10-19(16-37-15-17-8-6-5-7-9-17)25(28(30)26(18)23(13-20)35-3)22-12-21(34-2)14-24(36-4)27(22)29(31)32/h5-14,30H,15-16H2,1-4H3,(H,31,32). The fourth-order valence-corrected chi connectivity index (χ4v) is 4.35.